The van der Waals surface area contributed by atoms with E-state index in [9.17, 15) is 4.79 Å². The Hall–Kier alpha value is -2.47. The third-order valence-corrected chi connectivity index (χ3v) is 5.12. The van der Waals surface area contributed by atoms with Crippen LogP contribution < -0.4 is 5.32 Å². The second-order valence-electron chi connectivity index (χ2n) is 5.94. The van der Waals surface area contributed by atoms with E-state index < -0.39 is 0 Å². The molecular weight excluding hydrogens is 332 g/mol. The Kier molecular flexibility index (Phi) is 5.60. The molecule has 0 bridgehead atoms. The van der Waals surface area contributed by atoms with Crippen molar-refractivity contribution in [3.8, 4) is 5.69 Å². The predicted octanol–water partition coefficient (Wildman–Crippen LogP) is 3.91. The third kappa shape index (κ3) is 4.33. The van der Waals surface area contributed by atoms with Crippen LogP contribution in [0.2, 0.25) is 0 Å². The van der Waals surface area contributed by atoms with Crippen molar-refractivity contribution in [2.75, 3.05) is 0 Å². The fourth-order valence-electron chi connectivity index (χ4n) is 2.53. The molecule has 3 rings (SSSR count). The molecule has 0 unspecified atom stereocenters. The predicted molar refractivity (Wildman–Crippen MR) is 100 cm³/mol. The van der Waals surface area contributed by atoms with Gasteiger partial charge in [0, 0.05) is 18.3 Å². The Bertz CT molecular complexity index is 838. The molecule has 1 N–H and O–H groups in total. The number of carbonyl (C=O) groups excluding carboxylic acids is 1. The molecule has 25 heavy (non-hydrogen) atoms. The topological polar surface area (TPSA) is 59.8 Å². The number of hydrogen-bond acceptors (Lipinski definition) is 4. The van der Waals surface area contributed by atoms with Crippen LogP contribution in [0, 0.1) is 6.92 Å². The Labute approximate surface area is 151 Å². The Morgan fingerprint density at radius 1 is 1.28 bits per heavy atom. The first-order valence-corrected chi connectivity index (χ1v) is 9.32. The maximum Gasteiger partial charge on any atom is 0.263 e. The van der Waals surface area contributed by atoms with Crippen molar-refractivity contribution in [1.82, 2.24) is 20.1 Å². The highest BCUT2D eigenvalue weighted by molar-refractivity contribution is 7.13. The molecular formula is C19H22N4OS. The maximum atomic E-state index is 12.4. The van der Waals surface area contributed by atoms with Gasteiger partial charge in [0.05, 0.1) is 22.6 Å². The van der Waals surface area contributed by atoms with Gasteiger partial charge < -0.3 is 5.32 Å². The van der Waals surface area contributed by atoms with E-state index in [1.165, 1.54) is 11.3 Å². The van der Waals surface area contributed by atoms with Crippen LogP contribution in [0.4, 0.5) is 0 Å². The van der Waals surface area contributed by atoms with Crippen LogP contribution in [0.1, 0.15) is 45.7 Å². The Morgan fingerprint density at radius 3 is 2.84 bits per heavy atom. The van der Waals surface area contributed by atoms with Gasteiger partial charge in [-0.2, -0.15) is 5.10 Å². The van der Waals surface area contributed by atoms with Crippen LogP contribution >= 0.6 is 11.3 Å². The van der Waals surface area contributed by atoms with Gasteiger partial charge in [0.25, 0.3) is 5.91 Å². The molecule has 0 aliphatic carbocycles. The number of amides is 1. The molecule has 0 aliphatic heterocycles. The average Bonchev–Trinajstić information content (AvgIpc) is 3.25. The highest BCUT2D eigenvalue weighted by Crippen LogP contribution is 2.20. The van der Waals surface area contributed by atoms with Crippen molar-refractivity contribution >= 4 is 17.2 Å². The summed E-state index contributed by atoms with van der Waals surface area (Å²) in [6.45, 7) is 4.51. The Morgan fingerprint density at radius 2 is 2.08 bits per heavy atom. The molecule has 0 saturated heterocycles. The molecule has 5 nitrogen and oxygen atoms in total. The van der Waals surface area contributed by atoms with Gasteiger partial charge in [0.1, 0.15) is 4.88 Å². The van der Waals surface area contributed by atoms with Crippen LogP contribution in [0.25, 0.3) is 5.69 Å². The molecule has 3 aromatic rings. The number of unbranched alkanes of at least 4 members (excludes halogenated alkanes) is 1. The van der Waals surface area contributed by atoms with E-state index in [4.69, 9.17) is 0 Å². The lowest BCUT2D eigenvalue weighted by molar-refractivity contribution is 0.0954. The first kappa shape index (κ1) is 17.4. The van der Waals surface area contributed by atoms with Crippen LogP contribution in [0.15, 0.2) is 42.7 Å². The molecule has 0 atom stereocenters. The van der Waals surface area contributed by atoms with Gasteiger partial charge in [-0.15, -0.1) is 11.3 Å². The van der Waals surface area contributed by atoms with Gasteiger partial charge in [0.15, 0.2) is 0 Å². The number of thiazole rings is 1. The lowest BCUT2D eigenvalue weighted by atomic mass is 10.3. The first-order valence-electron chi connectivity index (χ1n) is 8.51. The number of hydrogen-bond donors (Lipinski definition) is 1. The van der Waals surface area contributed by atoms with Gasteiger partial charge in [-0.05, 0) is 31.9 Å². The van der Waals surface area contributed by atoms with Gasteiger partial charge >= 0.3 is 0 Å². The fourth-order valence-corrected chi connectivity index (χ4v) is 3.56. The number of carbonyl (C=O) groups is 1. The molecule has 0 fully saturated rings. The monoisotopic (exact) mass is 354 g/mol. The minimum absolute atomic E-state index is 0.0646. The highest BCUT2D eigenvalue weighted by atomic mass is 32.1. The quantitative estimate of drug-likeness (QED) is 0.700. The summed E-state index contributed by atoms with van der Waals surface area (Å²) in [5.74, 6) is -0.0646. The summed E-state index contributed by atoms with van der Waals surface area (Å²) < 4.78 is 1.81. The molecule has 1 amide bonds. The molecule has 0 aliphatic rings. The van der Waals surface area contributed by atoms with Crippen LogP contribution in [0.5, 0.6) is 0 Å². The van der Waals surface area contributed by atoms with Crippen molar-refractivity contribution in [3.63, 3.8) is 0 Å². The van der Waals surface area contributed by atoms with Crippen molar-refractivity contribution in [3.05, 3.63) is 63.9 Å². The smallest absolute Gasteiger partial charge is 0.263 e. The Balaban J connectivity index is 1.61. The van der Waals surface area contributed by atoms with E-state index >= 15 is 0 Å². The molecule has 6 heteroatoms. The standard InChI is InChI=1S/C19H22N4OS/c1-3-4-10-17-22-14(2)18(25-17)19(24)20-11-15-12-21-23(13-15)16-8-6-5-7-9-16/h5-9,12-13H,3-4,10-11H2,1-2H3,(H,20,24). The zero-order chi connectivity index (χ0) is 17.6. The van der Waals surface area contributed by atoms with Crippen molar-refractivity contribution in [1.29, 1.82) is 0 Å². The summed E-state index contributed by atoms with van der Waals surface area (Å²) in [5.41, 5.74) is 2.78. The minimum Gasteiger partial charge on any atom is -0.347 e. The van der Waals surface area contributed by atoms with E-state index in [2.05, 4.69) is 22.3 Å². The van der Waals surface area contributed by atoms with E-state index in [1.807, 2.05) is 48.1 Å². The maximum absolute atomic E-state index is 12.4. The summed E-state index contributed by atoms with van der Waals surface area (Å²) in [6.07, 6.45) is 6.89. The molecule has 2 heterocycles. The molecule has 0 radical (unpaired) electrons. The molecule has 0 spiro atoms. The molecule has 0 saturated carbocycles. The number of benzene rings is 1. The number of para-hydroxylation sites is 1. The summed E-state index contributed by atoms with van der Waals surface area (Å²) >= 11 is 1.50. The van der Waals surface area contributed by atoms with Crippen molar-refractivity contribution in [2.24, 2.45) is 0 Å². The second kappa shape index (κ2) is 8.07. The lowest BCUT2D eigenvalue weighted by Crippen LogP contribution is -2.22. The van der Waals surface area contributed by atoms with Gasteiger partial charge in [0.2, 0.25) is 0 Å². The summed E-state index contributed by atoms with van der Waals surface area (Å²) in [6, 6.07) is 9.91. The highest BCUT2D eigenvalue weighted by Gasteiger charge is 2.15. The van der Waals surface area contributed by atoms with Gasteiger partial charge in [-0.3, -0.25) is 4.79 Å². The van der Waals surface area contributed by atoms with E-state index in [1.54, 1.807) is 6.20 Å². The zero-order valence-corrected chi connectivity index (χ0v) is 15.3. The number of aromatic nitrogens is 3. The number of rotatable bonds is 7. The zero-order valence-electron chi connectivity index (χ0n) is 14.5. The van der Waals surface area contributed by atoms with Gasteiger partial charge in [-0.1, -0.05) is 31.5 Å². The van der Waals surface area contributed by atoms with Crippen LogP contribution in [-0.2, 0) is 13.0 Å². The summed E-state index contributed by atoms with van der Waals surface area (Å²) in [7, 11) is 0. The van der Waals surface area contributed by atoms with Crippen LogP contribution in [-0.4, -0.2) is 20.7 Å². The van der Waals surface area contributed by atoms with E-state index in [0.717, 1.165) is 41.2 Å². The third-order valence-electron chi connectivity index (χ3n) is 3.90. The molecule has 130 valence electrons. The minimum atomic E-state index is -0.0646. The fraction of sp³-hybridized carbons (Fsp3) is 0.316. The molecule has 2 aromatic heterocycles. The van der Waals surface area contributed by atoms with Crippen molar-refractivity contribution < 1.29 is 4.79 Å². The van der Waals surface area contributed by atoms with Crippen molar-refractivity contribution in [2.45, 2.75) is 39.7 Å². The number of nitrogens with zero attached hydrogens (tertiary/aromatic N) is 3. The van der Waals surface area contributed by atoms with E-state index in [-0.39, 0.29) is 5.91 Å². The SMILES string of the molecule is CCCCc1nc(C)c(C(=O)NCc2cnn(-c3ccccc3)c2)s1. The van der Waals surface area contributed by atoms with Crippen LogP contribution in [0.3, 0.4) is 0 Å². The van der Waals surface area contributed by atoms with E-state index in [0.29, 0.717) is 11.4 Å². The number of aryl methyl sites for hydroxylation is 2. The van der Waals surface area contributed by atoms with Gasteiger partial charge in [-0.25, -0.2) is 9.67 Å². The average molecular weight is 354 g/mol. The number of nitrogens with one attached hydrogen (secondary N) is 1. The summed E-state index contributed by atoms with van der Waals surface area (Å²) in [4.78, 5) is 17.7. The molecule has 1 aromatic carbocycles. The largest absolute Gasteiger partial charge is 0.347 e. The summed E-state index contributed by atoms with van der Waals surface area (Å²) in [5, 5.41) is 8.36. The second-order valence-corrected chi connectivity index (χ2v) is 7.02. The lowest BCUT2D eigenvalue weighted by Gasteiger charge is -2.02. The normalized spacial score (nSPS) is 10.8. The first-order chi connectivity index (χ1) is 12.2.